The molecule has 0 amide bonds. The quantitative estimate of drug-likeness (QED) is 0.861. The lowest BCUT2D eigenvalue weighted by molar-refractivity contribution is 0.0706. The summed E-state index contributed by atoms with van der Waals surface area (Å²) in [5.74, 6) is 0.109. The van der Waals surface area contributed by atoms with Gasteiger partial charge in [-0.3, -0.25) is 4.79 Å². The standard InChI is InChI=1S/C16H22O3/c1-15(2,18)10-8-12-11(6-5-7-14(12)17)13(9-10)16(3,4)19/h8-9,18-19H,5-7H2,1-4H3. The summed E-state index contributed by atoms with van der Waals surface area (Å²) in [5, 5.41) is 20.5. The normalized spacial score (nSPS) is 16.4. The third-order valence-electron chi connectivity index (χ3n) is 3.75. The number of ketones is 1. The van der Waals surface area contributed by atoms with E-state index in [0.717, 1.165) is 24.0 Å². The van der Waals surface area contributed by atoms with Gasteiger partial charge in [-0.15, -0.1) is 0 Å². The Morgan fingerprint density at radius 3 is 2.16 bits per heavy atom. The summed E-state index contributed by atoms with van der Waals surface area (Å²) in [6.07, 6.45) is 2.19. The SMILES string of the molecule is CC(C)(O)c1cc2c(c(C(C)(C)O)c1)CCCC2=O. The van der Waals surface area contributed by atoms with Gasteiger partial charge in [0.25, 0.3) is 0 Å². The number of carbonyl (C=O) groups excluding carboxylic acids is 1. The molecule has 1 aromatic carbocycles. The number of hydrogen-bond acceptors (Lipinski definition) is 3. The number of fused-ring (bicyclic) bond motifs is 1. The van der Waals surface area contributed by atoms with Crippen LogP contribution in [0.15, 0.2) is 12.1 Å². The van der Waals surface area contributed by atoms with Crippen LogP contribution in [0.1, 0.15) is 67.6 Å². The molecule has 1 aliphatic rings. The van der Waals surface area contributed by atoms with Gasteiger partial charge >= 0.3 is 0 Å². The lowest BCUT2D eigenvalue weighted by Crippen LogP contribution is -2.26. The lowest BCUT2D eigenvalue weighted by Gasteiger charge is -2.29. The molecule has 0 saturated carbocycles. The summed E-state index contributed by atoms with van der Waals surface area (Å²) in [4.78, 5) is 12.1. The maximum absolute atomic E-state index is 12.1. The van der Waals surface area contributed by atoms with Crippen LogP contribution in [0.4, 0.5) is 0 Å². The first kappa shape index (κ1) is 14.2. The minimum atomic E-state index is -1.02. The molecule has 0 heterocycles. The van der Waals surface area contributed by atoms with Gasteiger partial charge in [-0.25, -0.2) is 0 Å². The Kier molecular flexibility index (Phi) is 3.31. The summed E-state index contributed by atoms with van der Waals surface area (Å²) in [5.41, 5.74) is 1.02. The second-order valence-electron chi connectivity index (χ2n) is 6.44. The molecule has 0 saturated heterocycles. The number of hydrogen-bond donors (Lipinski definition) is 2. The van der Waals surface area contributed by atoms with Crippen molar-refractivity contribution < 1.29 is 15.0 Å². The van der Waals surface area contributed by atoms with Crippen LogP contribution in [-0.2, 0) is 17.6 Å². The molecule has 0 fully saturated rings. The van der Waals surface area contributed by atoms with Crippen LogP contribution in [0.3, 0.4) is 0 Å². The minimum Gasteiger partial charge on any atom is -0.386 e. The Balaban J connectivity index is 2.72. The third-order valence-corrected chi connectivity index (χ3v) is 3.75. The third kappa shape index (κ3) is 2.72. The molecule has 104 valence electrons. The van der Waals surface area contributed by atoms with Crippen LogP contribution in [0.25, 0.3) is 0 Å². The molecule has 0 aromatic heterocycles. The number of aliphatic hydroxyl groups is 2. The largest absolute Gasteiger partial charge is 0.386 e. The van der Waals surface area contributed by atoms with E-state index >= 15 is 0 Å². The Labute approximate surface area is 114 Å². The van der Waals surface area contributed by atoms with Crippen molar-refractivity contribution in [1.29, 1.82) is 0 Å². The highest BCUT2D eigenvalue weighted by molar-refractivity contribution is 5.99. The smallest absolute Gasteiger partial charge is 0.163 e. The summed E-state index contributed by atoms with van der Waals surface area (Å²) in [7, 11) is 0. The lowest BCUT2D eigenvalue weighted by atomic mass is 9.79. The highest BCUT2D eigenvalue weighted by Gasteiger charge is 2.30. The Morgan fingerprint density at radius 2 is 1.63 bits per heavy atom. The monoisotopic (exact) mass is 262 g/mol. The predicted octanol–water partition coefficient (Wildman–Crippen LogP) is 2.66. The molecule has 0 spiro atoms. The van der Waals surface area contributed by atoms with Crippen molar-refractivity contribution in [3.63, 3.8) is 0 Å². The number of benzene rings is 1. The van der Waals surface area contributed by atoms with Crippen LogP contribution < -0.4 is 0 Å². The van der Waals surface area contributed by atoms with Gasteiger partial charge in [0.05, 0.1) is 11.2 Å². The number of rotatable bonds is 2. The zero-order chi connectivity index (χ0) is 14.4. The van der Waals surface area contributed by atoms with Crippen LogP contribution in [0.5, 0.6) is 0 Å². The van der Waals surface area contributed by atoms with Crippen molar-refractivity contribution in [3.8, 4) is 0 Å². The van der Waals surface area contributed by atoms with E-state index in [0.29, 0.717) is 17.5 Å². The van der Waals surface area contributed by atoms with E-state index in [4.69, 9.17) is 0 Å². The molecule has 3 nitrogen and oxygen atoms in total. The van der Waals surface area contributed by atoms with Gasteiger partial charge in [0, 0.05) is 12.0 Å². The molecule has 2 rings (SSSR count). The molecule has 2 N–H and O–H groups in total. The highest BCUT2D eigenvalue weighted by atomic mass is 16.3. The molecule has 1 aromatic rings. The van der Waals surface area contributed by atoms with E-state index in [-0.39, 0.29) is 5.78 Å². The van der Waals surface area contributed by atoms with E-state index in [1.165, 1.54) is 0 Å². The van der Waals surface area contributed by atoms with Crippen molar-refractivity contribution in [2.45, 2.75) is 58.2 Å². The number of Topliss-reactive ketones (excluding diaryl/α,β-unsaturated/α-hetero) is 1. The first-order chi connectivity index (χ1) is 8.60. The summed E-state index contributed by atoms with van der Waals surface area (Å²) >= 11 is 0. The van der Waals surface area contributed by atoms with Gasteiger partial charge in [-0.1, -0.05) is 0 Å². The highest BCUT2D eigenvalue weighted by Crippen LogP contribution is 2.35. The fraction of sp³-hybridized carbons (Fsp3) is 0.562. The van der Waals surface area contributed by atoms with E-state index in [9.17, 15) is 15.0 Å². The molecule has 0 unspecified atom stereocenters. The molecule has 19 heavy (non-hydrogen) atoms. The summed E-state index contributed by atoms with van der Waals surface area (Å²) in [6, 6.07) is 3.61. The molecular weight excluding hydrogens is 240 g/mol. The zero-order valence-corrected chi connectivity index (χ0v) is 12.1. The van der Waals surface area contributed by atoms with Gasteiger partial charge in [0.1, 0.15) is 0 Å². The van der Waals surface area contributed by atoms with Crippen LogP contribution in [0, 0.1) is 0 Å². The predicted molar refractivity (Wildman–Crippen MR) is 74.2 cm³/mol. The van der Waals surface area contributed by atoms with Gasteiger partial charge in [0.15, 0.2) is 5.78 Å². The van der Waals surface area contributed by atoms with Crippen LogP contribution in [0.2, 0.25) is 0 Å². The van der Waals surface area contributed by atoms with Gasteiger partial charge in [-0.05, 0) is 69.4 Å². The fourth-order valence-electron chi connectivity index (χ4n) is 2.65. The van der Waals surface area contributed by atoms with Crippen molar-refractivity contribution >= 4 is 5.78 Å². The zero-order valence-electron chi connectivity index (χ0n) is 12.1. The van der Waals surface area contributed by atoms with Crippen molar-refractivity contribution in [2.24, 2.45) is 0 Å². The van der Waals surface area contributed by atoms with E-state index < -0.39 is 11.2 Å². The maximum Gasteiger partial charge on any atom is 0.163 e. The van der Waals surface area contributed by atoms with Crippen molar-refractivity contribution in [2.75, 3.05) is 0 Å². The molecule has 1 aliphatic carbocycles. The second-order valence-corrected chi connectivity index (χ2v) is 6.44. The van der Waals surface area contributed by atoms with E-state index in [1.54, 1.807) is 33.8 Å². The Morgan fingerprint density at radius 1 is 1.00 bits per heavy atom. The van der Waals surface area contributed by atoms with Crippen molar-refractivity contribution in [1.82, 2.24) is 0 Å². The molecular formula is C16H22O3. The van der Waals surface area contributed by atoms with E-state index in [2.05, 4.69) is 0 Å². The molecule has 0 bridgehead atoms. The minimum absolute atomic E-state index is 0.109. The van der Waals surface area contributed by atoms with E-state index in [1.807, 2.05) is 6.07 Å². The first-order valence-electron chi connectivity index (χ1n) is 6.76. The molecule has 3 heteroatoms. The number of carbonyl (C=O) groups is 1. The van der Waals surface area contributed by atoms with Gasteiger partial charge in [-0.2, -0.15) is 0 Å². The first-order valence-corrected chi connectivity index (χ1v) is 6.76. The van der Waals surface area contributed by atoms with Crippen LogP contribution >= 0.6 is 0 Å². The van der Waals surface area contributed by atoms with Crippen LogP contribution in [-0.4, -0.2) is 16.0 Å². The van der Waals surface area contributed by atoms with Crippen molar-refractivity contribution in [3.05, 3.63) is 34.4 Å². The topological polar surface area (TPSA) is 57.5 Å². The molecule has 0 atom stereocenters. The summed E-state index contributed by atoms with van der Waals surface area (Å²) in [6.45, 7) is 6.82. The maximum atomic E-state index is 12.1. The fourth-order valence-corrected chi connectivity index (χ4v) is 2.65. The molecule has 0 aliphatic heterocycles. The molecule has 0 radical (unpaired) electrons. The second kappa shape index (κ2) is 4.43. The summed E-state index contributed by atoms with van der Waals surface area (Å²) < 4.78 is 0. The van der Waals surface area contributed by atoms with Gasteiger partial charge in [0.2, 0.25) is 0 Å². The average Bonchev–Trinajstić information content (AvgIpc) is 2.25. The Bertz CT molecular complexity index is 516. The average molecular weight is 262 g/mol. The Hall–Kier alpha value is -1.19. The van der Waals surface area contributed by atoms with Gasteiger partial charge < -0.3 is 10.2 Å².